The topological polar surface area (TPSA) is 27.8 Å². The van der Waals surface area contributed by atoms with Crippen molar-refractivity contribution in [2.45, 2.75) is 6.42 Å². The average molecular weight is 286 g/mol. The fourth-order valence-corrected chi connectivity index (χ4v) is 3.04. The molecule has 2 heteroatoms. The Kier molecular flexibility index (Phi) is 3.28. The number of rotatable bonds is 0. The molecular weight excluding hydrogens is 268 g/mol. The van der Waals surface area contributed by atoms with E-state index < -0.39 is 0 Å². The van der Waals surface area contributed by atoms with Crippen LogP contribution < -0.4 is 5.32 Å². The maximum Gasteiger partial charge on any atom is 0.0464 e. The molecule has 4 aromatic rings. The van der Waals surface area contributed by atoms with Gasteiger partial charge in [0, 0.05) is 34.0 Å². The van der Waals surface area contributed by atoms with E-state index in [4.69, 9.17) is 0 Å². The van der Waals surface area contributed by atoms with E-state index in [1.54, 1.807) is 0 Å². The van der Waals surface area contributed by atoms with Crippen molar-refractivity contribution in [3.63, 3.8) is 0 Å². The highest BCUT2D eigenvalue weighted by Gasteiger charge is 2.06. The number of fused-ring (bicyclic) bond motifs is 4. The lowest BCUT2D eigenvalue weighted by Gasteiger charge is -1.94. The standard InChI is InChI=1S/C12H9N.C8H9N/c1-3-7-11-9(5-1)10-6-2-4-8-12(10)13-11;1-2-4-8-7(3-1)5-6-9-8/h1-8,13H;1-4,9H,5-6H2. The van der Waals surface area contributed by atoms with E-state index in [0.717, 1.165) is 6.54 Å². The van der Waals surface area contributed by atoms with Gasteiger partial charge in [-0.15, -0.1) is 0 Å². The monoisotopic (exact) mass is 286 g/mol. The Bertz CT molecular complexity index is 848. The molecule has 1 aromatic heterocycles. The van der Waals surface area contributed by atoms with Crippen molar-refractivity contribution in [1.29, 1.82) is 0 Å². The SMILES string of the molecule is c1ccc2c(c1)CCN2.c1ccc2c(c1)[nH]c1ccccc12. The van der Waals surface area contributed by atoms with Gasteiger partial charge in [0.2, 0.25) is 0 Å². The van der Waals surface area contributed by atoms with Crippen LogP contribution in [0.5, 0.6) is 0 Å². The molecule has 0 bridgehead atoms. The number of aromatic nitrogens is 1. The number of benzene rings is 3. The van der Waals surface area contributed by atoms with Crippen molar-refractivity contribution in [3.8, 4) is 0 Å². The van der Waals surface area contributed by atoms with Crippen LogP contribution in [-0.2, 0) is 6.42 Å². The predicted molar refractivity (Wildman–Crippen MR) is 94.4 cm³/mol. The minimum Gasteiger partial charge on any atom is -0.384 e. The quantitative estimate of drug-likeness (QED) is 0.469. The summed E-state index contributed by atoms with van der Waals surface area (Å²) in [5.41, 5.74) is 5.20. The molecule has 2 nitrogen and oxygen atoms in total. The molecule has 0 aliphatic carbocycles. The second-order valence-electron chi connectivity index (χ2n) is 5.55. The van der Waals surface area contributed by atoms with Crippen LogP contribution >= 0.6 is 0 Å². The number of H-pyrrole nitrogens is 1. The molecule has 0 saturated carbocycles. The smallest absolute Gasteiger partial charge is 0.0464 e. The van der Waals surface area contributed by atoms with E-state index in [0.29, 0.717) is 0 Å². The Morgan fingerprint density at radius 2 is 1.23 bits per heavy atom. The van der Waals surface area contributed by atoms with E-state index in [9.17, 15) is 0 Å². The first kappa shape index (κ1) is 13.0. The van der Waals surface area contributed by atoms with Crippen molar-refractivity contribution < 1.29 is 0 Å². The first-order valence-corrected chi connectivity index (χ1v) is 7.69. The second kappa shape index (κ2) is 5.57. The lowest BCUT2D eigenvalue weighted by molar-refractivity contribution is 1.11. The number of para-hydroxylation sites is 3. The third-order valence-corrected chi connectivity index (χ3v) is 4.14. The largest absolute Gasteiger partial charge is 0.384 e. The number of hydrogen-bond donors (Lipinski definition) is 2. The Balaban J connectivity index is 0.000000122. The summed E-state index contributed by atoms with van der Waals surface area (Å²) >= 11 is 0. The molecule has 0 unspecified atom stereocenters. The third-order valence-electron chi connectivity index (χ3n) is 4.14. The van der Waals surface area contributed by atoms with Crippen LogP contribution in [0.2, 0.25) is 0 Å². The molecule has 0 fully saturated rings. The molecule has 1 aliphatic heterocycles. The van der Waals surface area contributed by atoms with E-state index in [-0.39, 0.29) is 0 Å². The zero-order valence-corrected chi connectivity index (χ0v) is 12.3. The van der Waals surface area contributed by atoms with Gasteiger partial charge in [0.1, 0.15) is 0 Å². The van der Waals surface area contributed by atoms with Crippen LogP contribution in [0, 0.1) is 0 Å². The van der Waals surface area contributed by atoms with Crippen LogP contribution in [0.1, 0.15) is 5.56 Å². The second-order valence-corrected chi connectivity index (χ2v) is 5.55. The Morgan fingerprint density at radius 1 is 0.636 bits per heavy atom. The molecule has 0 spiro atoms. The van der Waals surface area contributed by atoms with Crippen LogP contribution in [-0.4, -0.2) is 11.5 Å². The van der Waals surface area contributed by atoms with Gasteiger partial charge in [0.15, 0.2) is 0 Å². The van der Waals surface area contributed by atoms with Crippen LogP contribution in [0.15, 0.2) is 72.8 Å². The first-order valence-electron chi connectivity index (χ1n) is 7.69. The lowest BCUT2D eigenvalue weighted by Crippen LogP contribution is -1.90. The van der Waals surface area contributed by atoms with Crippen molar-refractivity contribution in [3.05, 3.63) is 78.4 Å². The van der Waals surface area contributed by atoms with Gasteiger partial charge in [0.25, 0.3) is 0 Å². The molecule has 0 amide bonds. The maximum atomic E-state index is 3.38. The fourth-order valence-electron chi connectivity index (χ4n) is 3.04. The molecule has 2 N–H and O–H groups in total. The highest BCUT2D eigenvalue weighted by molar-refractivity contribution is 6.06. The van der Waals surface area contributed by atoms with Gasteiger partial charge < -0.3 is 10.3 Å². The summed E-state index contributed by atoms with van der Waals surface area (Å²) in [4.78, 5) is 3.38. The normalized spacial score (nSPS) is 12.5. The van der Waals surface area contributed by atoms with Gasteiger partial charge in [0.05, 0.1) is 0 Å². The Labute approximate surface area is 129 Å². The summed E-state index contributed by atoms with van der Waals surface area (Å²) in [6, 6.07) is 25.2. The van der Waals surface area contributed by atoms with Crippen molar-refractivity contribution >= 4 is 27.5 Å². The predicted octanol–water partition coefficient (Wildman–Crippen LogP) is 4.98. The average Bonchev–Trinajstić information content (AvgIpc) is 3.19. The molecule has 108 valence electrons. The zero-order valence-electron chi connectivity index (χ0n) is 12.3. The van der Waals surface area contributed by atoms with Crippen molar-refractivity contribution in [2.24, 2.45) is 0 Å². The van der Waals surface area contributed by atoms with Gasteiger partial charge >= 0.3 is 0 Å². The fraction of sp³-hybridized carbons (Fsp3) is 0.100. The molecule has 0 atom stereocenters. The molecular formula is C20H18N2. The summed E-state index contributed by atoms with van der Waals surface area (Å²) in [5.74, 6) is 0. The molecule has 0 saturated heterocycles. The van der Waals surface area contributed by atoms with Gasteiger partial charge in [-0.05, 0) is 30.2 Å². The summed E-state index contributed by atoms with van der Waals surface area (Å²) in [6.45, 7) is 1.11. The van der Waals surface area contributed by atoms with E-state index in [2.05, 4.69) is 83.1 Å². The summed E-state index contributed by atoms with van der Waals surface area (Å²) in [6.07, 6.45) is 1.19. The zero-order chi connectivity index (χ0) is 14.8. The van der Waals surface area contributed by atoms with E-state index in [1.807, 2.05) is 0 Å². The highest BCUT2D eigenvalue weighted by Crippen LogP contribution is 2.24. The lowest BCUT2D eigenvalue weighted by atomic mass is 10.2. The minimum absolute atomic E-state index is 1.11. The summed E-state index contributed by atoms with van der Waals surface area (Å²) < 4.78 is 0. The highest BCUT2D eigenvalue weighted by atomic mass is 14.9. The van der Waals surface area contributed by atoms with Crippen LogP contribution in [0.4, 0.5) is 5.69 Å². The summed E-state index contributed by atoms with van der Waals surface area (Å²) in [5, 5.41) is 5.91. The van der Waals surface area contributed by atoms with Crippen molar-refractivity contribution in [1.82, 2.24) is 4.98 Å². The number of hydrogen-bond acceptors (Lipinski definition) is 1. The Morgan fingerprint density at radius 3 is 1.91 bits per heavy atom. The maximum absolute atomic E-state index is 3.38. The number of anilines is 1. The number of nitrogens with one attached hydrogen (secondary N) is 2. The van der Waals surface area contributed by atoms with Crippen LogP contribution in [0.3, 0.4) is 0 Å². The van der Waals surface area contributed by atoms with Gasteiger partial charge in [-0.1, -0.05) is 54.6 Å². The first-order chi connectivity index (χ1) is 10.9. The molecule has 5 rings (SSSR count). The van der Waals surface area contributed by atoms with Crippen LogP contribution in [0.25, 0.3) is 21.8 Å². The van der Waals surface area contributed by atoms with E-state index >= 15 is 0 Å². The molecule has 1 aliphatic rings. The van der Waals surface area contributed by atoms with Gasteiger partial charge in [-0.3, -0.25) is 0 Å². The Hall–Kier alpha value is -2.74. The number of aromatic amines is 1. The van der Waals surface area contributed by atoms with Gasteiger partial charge in [-0.25, -0.2) is 0 Å². The third kappa shape index (κ3) is 2.33. The minimum atomic E-state index is 1.11. The van der Waals surface area contributed by atoms with E-state index in [1.165, 1.54) is 39.5 Å². The molecule has 2 heterocycles. The van der Waals surface area contributed by atoms with Crippen molar-refractivity contribution in [2.75, 3.05) is 11.9 Å². The molecule has 22 heavy (non-hydrogen) atoms. The summed E-state index contributed by atoms with van der Waals surface area (Å²) in [7, 11) is 0. The molecule has 0 radical (unpaired) electrons. The van der Waals surface area contributed by atoms with Gasteiger partial charge in [-0.2, -0.15) is 0 Å². The molecule has 3 aromatic carbocycles.